The average molecular weight is 375 g/mol. The smallest absolute Gasteiger partial charge is 0.243 e. The minimum Gasteiger partial charge on any atom is -0.354 e. The van der Waals surface area contributed by atoms with E-state index in [1.165, 1.54) is 4.31 Å². The van der Waals surface area contributed by atoms with Gasteiger partial charge < -0.3 is 5.32 Å². The summed E-state index contributed by atoms with van der Waals surface area (Å²) >= 11 is 0. The average Bonchev–Trinajstić information content (AvgIpc) is 2.60. The Bertz CT molecular complexity index is 818. The molecule has 0 bridgehead atoms. The predicted molar refractivity (Wildman–Crippen MR) is 106 cm³/mol. The van der Waals surface area contributed by atoms with Gasteiger partial charge in [0.2, 0.25) is 15.9 Å². The Morgan fingerprint density at radius 2 is 1.69 bits per heavy atom. The van der Waals surface area contributed by atoms with Crippen LogP contribution in [0.4, 0.5) is 5.69 Å². The Labute approximate surface area is 156 Å². The fourth-order valence-electron chi connectivity index (χ4n) is 2.84. The SMILES string of the molecule is CCC(C(=O)NCCc1ccccc1)N(c1ccc(C)cc1)S(C)(=O)=O. The van der Waals surface area contributed by atoms with Crippen LogP contribution in [0.2, 0.25) is 0 Å². The van der Waals surface area contributed by atoms with Crippen molar-refractivity contribution in [1.29, 1.82) is 0 Å². The normalized spacial score (nSPS) is 12.4. The summed E-state index contributed by atoms with van der Waals surface area (Å²) < 4.78 is 25.9. The molecule has 0 aliphatic heterocycles. The van der Waals surface area contributed by atoms with Crippen molar-refractivity contribution in [3.05, 3.63) is 65.7 Å². The lowest BCUT2D eigenvalue weighted by Crippen LogP contribution is -2.49. The number of aryl methyl sites for hydroxylation is 1. The molecular formula is C20H26N2O3S. The number of anilines is 1. The molecule has 26 heavy (non-hydrogen) atoms. The van der Waals surface area contributed by atoms with Gasteiger partial charge in [0.1, 0.15) is 6.04 Å². The Hall–Kier alpha value is -2.34. The molecule has 0 aromatic heterocycles. The van der Waals surface area contributed by atoms with Crippen molar-refractivity contribution in [2.24, 2.45) is 0 Å². The second kappa shape index (κ2) is 8.85. The molecule has 0 spiro atoms. The third-order valence-electron chi connectivity index (χ3n) is 4.17. The molecule has 0 saturated carbocycles. The molecule has 2 rings (SSSR count). The molecular weight excluding hydrogens is 348 g/mol. The van der Waals surface area contributed by atoms with Crippen LogP contribution in [0.25, 0.3) is 0 Å². The molecule has 1 N–H and O–H groups in total. The third-order valence-corrected chi connectivity index (χ3v) is 5.35. The number of benzene rings is 2. The maximum Gasteiger partial charge on any atom is 0.243 e. The standard InChI is InChI=1S/C20H26N2O3S/c1-4-19(20(23)21-15-14-17-8-6-5-7-9-17)22(26(3,24)25)18-12-10-16(2)11-13-18/h5-13,19H,4,14-15H2,1-3H3,(H,21,23). The summed E-state index contributed by atoms with van der Waals surface area (Å²) in [6, 6.07) is 16.2. The van der Waals surface area contributed by atoms with Crippen molar-refractivity contribution < 1.29 is 13.2 Å². The van der Waals surface area contributed by atoms with Crippen molar-refractivity contribution in [2.45, 2.75) is 32.7 Å². The molecule has 2 aromatic carbocycles. The Morgan fingerprint density at radius 3 is 2.23 bits per heavy atom. The summed E-state index contributed by atoms with van der Waals surface area (Å²) in [7, 11) is -3.59. The number of carbonyl (C=O) groups is 1. The highest BCUT2D eigenvalue weighted by molar-refractivity contribution is 7.92. The van der Waals surface area contributed by atoms with Crippen LogP contribution < -0.4 is 9.62 Å². The van der Waals surface area contributed by atoms with Crippen molar-refractivity contribution >= 4 is 21.6 Å². The molecule has 6 heteroatoms. The van der Waals surface area contributed by atoms with E-state index < -0.39 is 16.1 Å². The van der Waals surface area contributed by atoms with Gasteiger partial charge in [0.15, 0.2) is 0 Å². The van der Waals surface area contributed by atoms with Crippen molar-refractivity contribution in [3.63, 3.8) is 0 Å². The van der Waals surface area contributed by atoms with Crippen LogP contribution in [0.5, 0.6) is 0 Å². The van der Waals surface area contributed by atoms with E-state index in [9.17, 15) is 13.2 Å². The maximum atomic E-state index is 12.7. The molecule has 1 unspecified atom stereocenters. The van der Waals surface area contributed by atoms with Crippen molar-refractivity contribution in [3.8, 4) is 0 Å². The number of hydrogen-bond acceptors (Lipinski definition) is 3. The zero-order valence-electron chi connectivity index (χ0n) is 15.5. The van der Waals surface area contributed by atoms with Crippen LogP contribution in [0.15, 0.2) is 54.6 Å². The Balaban J connectivity index is 2.13. The first-order valence-corrected chi connectivity index (χ1v) is 10.6. The molecule has 0 saturated heterocycles. The van der Waals surface area contributed by atoms with E-state index >= 15 is 0 Å². The molecule has 0 radical (unpaired) electrons. The first-order chi connectivity index (χ1) is 12.3. The number of nitrogens with one attached hydrogen (secondary N) is 1. The lowest BCUT2D eigenvalue weighted by Gasteiger charge is -2.30. The largest absolute Gasteiger partial charge is 0.354 e. The molecule has 2 aromatic rings. The van der Waals surface area contributed by atoms with Gasteiger partial charge in [-0.3, -0.25) is 9.10 Å². The third kappa shape index (κ3) is 5.33. The highest BCUT2D eigenvalue weighted by Crippen LogP contribution is 2.22. The first-order valence-electron chi connectivity index (χ1n) is 8.70. The van der Waals surface area contributed by atoms with Crippen LogP contribution in [0.3, 0.4) is 0 Å². The van der Waals surface area contributed by atoms with Gasteiger partial charge >= 0.3 is 0 Å². The summed E-state index contributed by atoms with van der Waals surface area (Å²) in [5, 5.41) is 2.87. The molecule has 1 atom stereocenters. The number of amides is 1. The van der Waals surface area contributed by atoms with Gasteiger partial charge in [-0.1, -0.05) is 55.0 Å². The molecule has 5 nitrogen and oxygen atoms in total. The highest BCUT2D eigenvalue weighted by atomic mass is 32.2. The summed E-state index contributed by atoms with van der Waals surface area (Å²) in [6.45, 7) is 4.21. The molecule has 0 aliphatic carbocycles. The molecule has 0 aliphatic rings. The summed E-state index contributed by atoms with van der Waals surface area (Å²) in [5.74, 6) is -0.283. The fourth-order valence-corrected chi connectivity index (χ4v) is 4.06. The van der Waals surface area contributed by atoms with Gasteiger partial charge in [-0.2, -0.15) is 0 Å². The van der Waals surface area contributed by atoms with Gasteiger partial charge in [0.25, 0.3) is 0 Å². The van der Waals surface area contributed by atoms with Crippen LogP contribution in [-0.4, -0.2) is 33.2 Å². The Kier molecular flexibility index (Phi) is 6.80. The van der Waals surface area contributed by atoms with Crippen LogP contribution >= 0.6 is 0 Å². The maximum absolute atomic E-state index is 12.7. The van der Waals surface area contributed by atoms with Gasteiger partial charge in [-0.25, -0.2) is 8.42 Å². The van der Waals surface area contributed by atoms with E-state index in [-0.39, 0.29) is 5.91 Å². The molecule has 0 fully saturated rings. The first kappa shape index (κ1) is 20.0. The second-order valence-corrected chi connectivity index (χ2v) is 8.20. The zero-order valence-corrected chi connectivity index (χ0v) is 16.3. The minimum atomic E-state index is -3.59. The summed E-state index contributed by atoms with van der Waals surface area (Å²) in [6.07, 6.45) is 2.22. The van der Waals surface area contributed by atoms with E-state index in [0.29, 0.717) is 25.1 Å². The predicted octanol–water partition coefficient (Wildman–Crippen LogP) is 2.90. The van der Waals surface area contributed by atoms with E-state index in [0.717, 1.165) is 17.4 Å². The van der Waals surface area contributed by atoms with Gasteiger partial charge in [-0.15, -0.1) is 0 Å². The molecule has 0 heterocycles. The molecule has 1 amide bonds. The molecule has 140 valence electrons. The highest BCUT2D eigenvalue weighted by Gasteiger charge is 2.31. The lowest BCUT2D eigenvalue weighted by molar-refractivity contribution is -0.122. The summed E-state index contributed by atoms with van der Waals surface area (Å²) in [4.78, 5) is 12.7. The van der Waals surface area contributed by atoms with Gasteiger partial charge in [-0.05, 0) is 37.5 Å². The number of nitrogens with zero attached hydrogens (tertiary/aromatic N) is 1. The number of carbonyl (C=O) groups excluding carboxylic acids is 1. The topological polar surface area (TPSA) is 66.5 Å². The second-order valence-electron chi connectivity index (χ2n) is 6.35. The zero-order chi connectivity index (χ0) is 19.2. The lowest BCUT2D eigenvalue weighted by atomic mass is 10.1. The van der Waals surface area contributed by atoms with Crippen molar-refractivity contribution in [2.75, 3.05) is 17.1 Å². The number of rotatable bonds is 8. The van der Waals surface area contributed by atoms with Gasteiger partial charge in [0, 0.05) is 6.54 Å². The van der Waals surface area contributed by atoms with E-state index in [1.807, 2.05) is 56.3 Å². The van der Waals surface area contributed by atoms with Crippen molar-refractivity contribution in [1.82, 2.24) is 5.32 Å². The van der Waals surface area contributed by atoms with E-state index in [4.69, 9.17) is 0 Å². The van der Waals surface area contributed by atoms with E-state index in [1.54, 1.807) is 12.1 Å². The van der Waals surface area contributed by atoms with E-state index in [2.05, 4.69) is 5.32 Å². The Morgan fingerprint density at radius 1 is 1.08 bits per heavy atom. The number of hydrogen-bond donors (Lipinski definition) is 1. The van der Waals surface area contributed by atoms with Gasteiger partial charge in [0.05, 0.1) is 11.9 Å². The quantitative estimate of drug-likeness (QED) is 0.773. The monoisotopic (exact) mass is 374 g/mol. The summed E-state index contributed by atoms with van der Waals surface area (Å²) in [5.41, 5.74) is 2.66. The van der Waals surface area contributed by atoms with Crippen LogP contribution in [-0.2, 0) is 21.2 Å². The van der Waals surface area contributed by atoms with Crippen LogP contribution in [0.1, 0.15) is 24.5 Å². The number of sulfonamides is 1. The fraction of sp³-hybridized carbons (Fsp3) is 0.350. The minimum absolute atomic E-state index is 0.283. The van der Waals surface area contributed by atoms with Crippen LogP contribution in [0, 0.1) is 6.92 Å².